The topological polar surface area (TPSA) is 49.6 Å². The Labute approximate surface area is 137 Å². The second-order valence-corrected chi connectivity index (χ2v) is 6.79. The number of anilines is 1. The highest BCUT2D eigenvalue weighted by Crippen LogP contribution is 2.26. The van der Waals surface area contributed by atoms with Crippen LogP contribution in [0.4, 0.5) is 10.1 Å². The zero-order chi connectivity index (χ0) is 16.2. The van der Waals surface area contributed by atoms with Crippen LogP contribution in [0.15, 0.2) is 18.2 Å². The summed E-state index contributed by atoms with van der Waals surface area (Å²) in [7, 11) is 0. The van der Waals surface area contributed by atoms with Crippen LogP contribution in [0.3, 0.4) is 0 Å². The normalized spacial score (nSPS) is 20.7. The second-order valence-electron chi connectivity index (χ2n) is 6.79. The summed E-state index contributed by atoms with van der Waals surface area (Å²) in [6.45, 7) is 4.47. The van der Waals surface area contributed by atoms with E-state index in [9.17, 15) is 9.18 Å². The van der Waals surface area contributed by atoms with Crippen LogP contribution in [0.5, 0.6) is 0 Å². The van der Waals surface area contributed by atoms with E-state index < -0.39 is 0 Å². The zero-order valence-corrected chi connectivity index (χ0v) is 13.6. The molecule has 0 saturated carbocycles. The number of hydrogen-bond donors (Lipinski definition) is 1. The molecule has 1 aromatic rings. The first-order valence-electron chi connectivity index (χ1n) is 8.68. The molecule has 0 bridgehead atoms. The van der Waals surface area contributed by atoms with Gasteiger partial charge >= 0.3 is 0 Å². The lowest BCUT2D eigenvalue weighted by Gasteiger charge is -2.32. The Morgan fingerprint density at radius 1 is 1.13 bits per heavy atom. The number of hydrogen-bond acceptors (Lipinski definition) is 3. The standard InChI is InChI=1S/C18H26FN3O/c19-16-5-4-14(12-17(16)22-8-2-1-3-9-22)13-21-10-6-15(7-11-21)18(20)23/h4-5,12,15H,1-3,6-11,13H2,(H2,20,23). The third kappa shape index (κ3) is 4.02. The van der Waals surface area contributed by atoms with E-state index in [1.54, 1.807) is 6.07 Å². The van der Waals surface area contributed by atoms with E-state index in [4.69, 9.17) is 5.73 Å². The molecule has 2 N–H and O–H groups in total. The first-order chi connectivity index (χ1) is 11.1. The predicted octanol–water partition coefficient (Wildman–Crippen LogP) is 2.51. The molecule has 2 fully saturated rings. The minimum atomic E-state index is -0.182. The summed E-state index contributed by atoms with van der Waals surface area (Å²) in [6, 6.07) is 5.47. The molecule has 23 heavy (non-hydrogen) atoms. The minimum Gasteiger partial charge on any atom is -0.369 e. The first kappa shape index (κ1) is 16.2. The van der Waals surface area contributed by atoms with Crippen molar-refractivity contribution in [1.29, 1.82) is 0 Å². The van der Waals surface area contributed by atoms with Crippen molar-refractivity contribution in [3.63, 3.8) is 0 Å². The highest BCUT2D eigenvalue weighted by molar-refractivity contribution is 5.76. The molecule has 0 spiro atoms. The zero-order valence-electron chi connectivity index (χ0n) is 13.6. The average Bonchev–Trinajstić information content (AvgIpc) is 2.58. The van der Waals surface area contributed by atoms with Gasteiger partial charge in [0.1, 0.15) is 5.82 Å². The van der Waals surface area contributed by atoms with Gasteiger partial charge in [0.15, 0.2) is 0 Å². The minimum absolute atomic E-state index is 0.0170. The molecule has 2 aliphatic rings. The van der Waals surface area contributed by atoms with E-state index in [0.29, 0.717) is 0 Å². The number of rotatable bonds is 4. The van der Waals surface area contributed by atoms with E-state index >= 15 is 0 Å². The lowest BCUT2D eigenvalue weighted by molar-refractivity contribution is -0.123. The van der Waals surface area contributed by atoms with Crippen molar-refractivity contribution in [2.24, 2.45) is 11.7 Å². The first-order valence-corrected chi connectivity index (χ1v) is 8.68. The van der Waals surface area contributed by atoms with Gasteiger partial charge in [-0.1, -0.05) is 6.07 Å². The number of likely N-dealkylation sites (tertiary alicyclic amines) is 1. The van der Waals surface area contributed by atoms with Crippen LogP contribution >= 0.6 is 0 Å². The van der Waals surface area contributed by atoms with Crippen molar-refractivity contribution in [3.8, 4) is 0 Å². The molecule has 0 radical (unpaired) electrons. The van der Waals surface area contributed by atoms with Crippen LogP contribution in [0, 0.1) is 11.7 Å². The molecule has 5 heteroatoms. The van der Waals surface area contributed by atoms with E-state index in [1.807, 2.05) is 12.1 Å². The summed E-state index contributed by atoms with van der Waals surface area (Å²) >= 11 is 0. The van der Waals surface area contributed by atoms with Crippen LogP contribution in [-0.4, -0.2) is 37.0 Å². The summed E-state index contributed by atoms with van der Waals surface area (Å²) in [4.78, 5) is 15.7. The Morgan fingerprint density at radius 3 is 2.48 bits per heavy atom. The van der Waals surface area contributed by atoms with Crippen LogP contribution in [0.1, 0.15) is 37.7 Å². The van der Waals surface area contributed by atoms with Crippen LogP contribution in [0.2, 0.25) is 0 Å². The maximum atomic E-state index is 14.2. The van der Waals surface area contributed by atoms with Crippen LogP contribution in [0.25, 0.3) is 0 Å². The van der Waals surface area contributed by atoms with Gasteiger partial charge in [0, 0.05) is 25.6 Å². The van der Waals surface area contributed by atoms with Gasteiger partial charge in [0.2, 0.25) is 5.91 Å². The van der Waals surface area contributed by atoms with Crippen molar-refractivity contribution in [3.05, 3.63) is 29.6 Å². The monoisotopic (exact) mass is 319 g/mol. The molecule has 3 rings (SSSR count). The summed E-state index contributed by atoms with van der Waals surface area (Å²) in [5, 5.41) is 0. The number of piperidine rings is 2. The summed E-state index contributed by atoms with van der Waals surface area (Å²) < 4.78 is 14.2. The molecule has 0 atom stereocenters. The summed E-state index contributed by atoms with van der Waals surface area (Å²) in [5.41, 5.74) is 7.27. The highest BCUT2D eigenvalue weighted by Gasteiger charge is 2.23. The van der Waals surface area contributed by atoms with Crippen molar-refractivity contribution in [1.82, 2.24) is 4.90 Å². The number of benzene rings is 1. The van der Waals surface area contributed by atoms with Gasteiger partial charge in [-0.25, -0.2) is 4.39 Å². The number of amides is 1. The van der Waals surface area contributed by atoms with Gasteiger partial charge in [-0.3, -0.25) is 9.69 Å². The second kappa shape index (κ2) is 7.30. The van der Waals surface area contributed by atoms with Gasteiger partial charge in [-0.05, 0) is 62.9 Å². The van der Waals surface area contributed by atoms with E-state index in [1.165, 1.54) is 6.42 Å². The number of halogens is 1. The molecule has 2 heterocycles. The Kier molecular flexibility index (Phi) is 5.16. The number of carbonyl (C=O) groups is 1. The van der Waals surface area contributed by atoms with Gasteiger partial charge in [0.25, 0.3) is 0 Å². The predicted molar refractivity (Wildman–Crippen MR) is 89.7 cm³/mol. The summed E-state index contributed by atoms with van der Waals surface area (Å²) in [5.74, 6) is -0.287. The van der Waals surface area contributed by atoms with Gasteiger partial charge in [0.05, 0.1) is 5.69 Å². The number of nitrogens with two attached hydrogens (primary N) is 1. The van der Waals surface area contributed by atoms with Crippen molar-refractivity contribution in [2.75, 3.05) is 31.1 Å². The molecule has 0 aromatic heterocycles. The Bertz CT molecular complexity index is 549. The fourth-order valence-electron chi connectivity index (χ4n) is 3.67. The molecule has 0 unspecified atom stereocenters. The van der Waals surface area contributed by atoms with Gasteiger partial charge in [-0.15, -0.1) is 0 Å². The Balaban J connectivity index is 1.63. The third-order valence-corrected chi connectivity index (χ3v) is 5.10. The van der Waals surface area contributed by atoms with Gasteiger partial charge in [-0.2, -0.15) is 0 Å². The molecule has 2 saturated heterocycles. The summed E-state index contributed by atoms with van der Waals surface area (Å²) in [6.07, 6.45) is 5.19. The van der Waals surface area contributed by atoms with Crippen molar-refractivity contribution in [2.45, 2.75) is 38.6 Å². The molecular formula is C18H26FN3O. The third-order valence-electron chi connectivity index (χ3n) is 5.10. The lowest BCUT2D eigenvalue weighted by atomic mass is 9.96. The van der Waals surface area contributed by atoms with E-state index in [2.05, 4.69) is 9.80 Å². The molecule has 1 amide bonds. The maximum Gasteiger partial charge on any atom is 0.220 e. The largest absolute Gasteiger partial charge is 0.369 e. The van der Waals surface area contributed by atoms with Gasteiger partial charge < -0.3 is 10.6 Å². The number of carbonyl (C=O) groups excluding carboxylic acids is 1. The van der Waals surface area contributed by atoms with Crippen LogP contribution in [-0.2, 0) is 11.3 Å². The molecule has 4 nitrogen and oxygen atoms in total. The lowest BCUT2D eigenvalue weighted by Crippen LogP contribution is -2.38. The fraction of sp³-hybridized carbons (Fsp3) is 0.611. The Morgan fingerprint density at radius 2 is 1.83 bits per heavy atom. The van der Waals surface area contributed by atoms with E-state index in [0.717, 1.165) is 69.7 Å². The Hall–Kier alpha value is -1.62. The molecular weight excluding hydrogens is 293 g/mol. The average molecular weight is 319 g/mol. The number of primary amides is 1. The quantitative estimate of drug-likeness (QED) is 0.928. The van der Waals surface area contributed by atoms with Crippen LogP contribution < -0.4 is 10.6 Å². The molecule has 2 aliphatic heterocycles. The maximum absolute atomic E-state index is 14.2. The fourth-order valence-corrected chi connectivity index (χ4v) is 3.67. The highest BCUT2D eigenvalue weighted by atomic mass is 19.1. The SMILES string of the molecule is NC(=O)C1CCN(Cc2ccc(F)c(N3CCCCC3)c2)CC1. The molecule has 0 aliphatic carbocycles. The van der Waals surface area contributed by atoms with E-state index in [-0.39, 0.29) is 17.6 Å². The molecule has 1 aromatic carbocycles. The smallest absolute Gasteiger partial charge is 0.220 e. The van der Waals surface area contributed by atoms with Crippen molar-refractivity contribution >= 4 is 11.6 Å². The van der Waals surface area contributed by atoms with Crippen molar-refractivity contribution < 1.29 is 9.18 Å². The number of nitrogens with zero attached hydrogens (tertiary/aromatic N) is 2. The molecule has 126 valence electrons.